The molecule has 1 saturated heterocycles. The van der Waals surface area contributed by atoms with Crippen molar-refractivity contribution in [3.8, 4) is 11.8 Å². The summed E-state index contributed by atoms with van der Waals surface area (Å²) < 4.78 is 13.4. The van der Waals surface area contributed by atoms with E-state index in [-0.39, 0.29) is 102 Å². The van der Waals surface area contributed by atoms with E-state index in [1.54, 1.807) is 21.6 Å². The maximum Gasteiger partial charge on any atom is 0.340 e. The van der Waals surface area contributed by atoms with Crippen LogP contribution in [0.5, 0.6) is 0 Å². The molecule has 8 aliphatic carbocycles. The van der Waals surface area contributed by atoms with Crippen molar-refractivity contribution in [3.05, 3.63) is 81.7 Å². The van der Waals surface area contributed by atoms with Gasteiger partial charge in [0, 0.05) is 73.7 Å². The Hall–Kier alpha value is -4.04. The molecule has 13 unspecified atom stereocenters. The van der Waals surface area contributed by atoms with Crippen LogP contribution in [0.25, 0.3) is 0 Å². The summed E-state index contributed by atoms with van der Waals surface area (Å²) in [5.41, 5.74) is 3.17. The smallest absolute Gasteiger partial charge is 0.340 e. The third-order valence-electron chi connectivity index (χ3n) is 21.4. The van der Waals surface area contributed by atoms with Crippen molar-refractivity contribution in [2.24, 2.45) is 75.9 Å². The van der Waals surface area contributed by atoms with Crippen molar-refractivity contribution in [1.82, 2.24) is 20.9 Å². The molecular formula is C63H82N4O9S2. The van der Waals surface area contributed by atoms with E-state index in [4.69, 9.17) is 9.47 Å². The van der Waals surface area contributed by atoms with Crippen LogP contribution >= 0.6 is 21.6 Å². The van der Waals surface area contributed by atoms with Crippen LogP contribution in [-0.4, -0.2) is 94.2 Å². The fourth-order valence-corrected chi connectivity index (χ4v) is 20.1. The Labute approximate surface area is 469 Å². The van der Waals surface area contributed by atoms with Crippen LogP contribution in [0.2, 0.25) is 0 Å². The molecule has 13 nitrogen and oxygen atoms in total. The third kappa shape index (κ3) is 10.1. The third-order valence-corrected chi connectivity index (χ3v) is 23.9. The van der Waals surface area contributed by atoms with Crippen molar-refractivity contribution in [3.63, 3.8) is 0 Å². The molecule has 0 aromatic carbocycles. The molecule has 5 fully saturated rings. The van der Waals surface area contributed by atoms with Crippen LogP contribution in [0.4, 0.5) is 0 Å². The number of esters is 2. The monoisotopic (exact) mass is 1100 g/mol. The molecule has 4 saturated carbocycles. The van der Waals surface area contributed by atoms with Gasteiger partial charge in [0.05, 0.1) is 40.8 Å². The highest BCUT2D eigenvalue weighted by atomic mass is 33.1. The largest absolute Gasteiger partial charge is 0.427 e. The normalized spacial score (nSPS) is 37.6. The van der Waals surface area contributed by atoms with Gasteiger partial charge in [-0.1, -0.05) is 79.0 Å². The first-order valence-electron chi connectivity index (χ1n) is 30.2. The van der Waals surface area contributed by atoms with Crippen LogP contribution in [-0.2, 0) is 28.7 Å². The lowest BCUT2D eigenvalue weighted by atomic mass is 9.43. The predicted molar refractivity (Wildman–Crippen MR) is 301 cm³/mol. The minimum absolute atomic E-state index is 0.00974. The number of allylic oxidation sites excluding steroid dienone is 5. The number of aliphatic hydroxyl groups is 3. The summed E-state index contributed by atoms with van der Waals surface area (Å²) in [5, 5.41) is 44.0. The van der Waals surface area contributed by atoms with Gasteiger partial charge in [-0.3, -0.25) is 14.5 Å². The average molecular weight is 1100 g/mol. The highest BCUT2D eigenvalue weighted by Crippen LogP contribution is 2.72. The summed E-state index contributed by atoms with van der Waals surface area (Å²) in [6.45, 7) is 3.36. The van der Waals surface area contributed by atoms with Gasteiger partial charge in [-0.25, -0.2) is 9.59 Å². The maximum absolute atomic E-state index is 15.6. The van der Waals surface area contributed by atoms with Crippen LogP contribution in [0.3, 0.4) is 0 Å². The van der Waals surface area contributed by atoms with E-state index in [9.17, 15) is 29.7 Å². The van der Waals surface area contributed by atoms with Gasteiger partial charge in [0.2, 0.25) is 0 Å². The highest BCUT2D eigenvalue weighted by molar-refractivity contribution is 8.76. The number of carbonyl (C=O) groups is 4. The molecule has 13 aliphatic rings. The number of carbonyl (C=O) groups excluding carboxylic acids is 4. The molecule has 420 valence electrons. The second-order valence-corrected chi connectivity index (χ2v) is 27.9. The van der Waals surface area contributed by atoms with E-state index < -0.39 is 23.4 Å². The standard InChI is InChI=1S/C63H82N4O9S2/c1-2-62(23-6-7-24-62)31-50-47-16-15-45-44-21-25-63(57(45)56(47)60(73)75-50)51-18-17-46(43-14-13-37-27-39(35-69)28-38(34-68)9-8-12-41(43)29-37)59(65-32-49(70)40-10-4-3-5-11-40)78-77-36-66-52-30-42(22-26-64-52)48(55(44)58(63)61(74)76-51)33-67-53(71)19-20-54(67)72/h18-20,22,30-31,37-41,43-46,48-49,57,59,64-66,68-70H,2-7,10-17,21,23-29,32-36H2,1H3. The van der Waals surface area contributed by atoms with Gasteiger partial charge in [0.25, 0.3) is 11.8 Å². The second kappa shape index (κ2) is 23.1. The number of nitrogens with one attached hydrogen (secondary N) is 3. The minimum Gasteiger partial charge on any atom is -0.427 e. The molecule has 13 atom stereocenters. The second-order valence-electron chi connectivity index (χ2n) is 25.4. The SMILES string of the molecule is CCC1(C=C2OC(=O)C3=C2CCC2C4CCC5(C6=CCC(C7CCC8CC(CO)CC(CO)C#CCC7C8)C(NCC(O)C7CCCCC7)SSCNC7=CC(=CCN7)C(CN7C(=O)C=CC7=O)C4=C5C(=O)O6)C32)CCCC1. The Bertz CT molecular complexity index is 2670. The van der Waals surface area contributed by atoms with Crippen LogP contribution in [0.1, 0.15) is 142 Å². The van der Waals surface area contributed by atoms with Crippen molar-refractivity contribution < 1.29 is 44.0 Å². The lowest BCUT2D eigenvalue weighted by molar-refractivity contribution is -0.138. The van der Waals surface area contributed by atoms with Gasteiger partial charge < -0.3 is 40.7 Å². The number of nitrogens with zero attached hydrogens (tertiary/aromatic N) is 1. The molecule has 5 aliphatic heterocycles. The van der Waals surface area contributed by atoms with Crippen LogP contribution < -0.4 is 16.0 Å². The van der Waals surface area contributed by atoms with E-state index in [0.29, 0.717) is 79.7 Å². The molecule has 15 heteroatoms. The van der Waals surface area contributed by atoms with Crippen molar-refractivity contribution in [1.29, 1.82) is 0 Å². The Kier molecular flexibility index (Phi) is 16.1. The molecule has 2 amide bonds. The minimum atomic E-state index is -0.993. The van der Waals surface area contributed by atoms with Gasteiger partial charge >= 0.3 is 11.9 Å². The van der Waals surface area contributed by atoms with E-state index in [0.717, 1.165) is 119 Å². The van der Waals surface area contributed by atoms with E-state index in [2.05, 4.69) is 59.0 Å². The predicted octanol–water partition coefficient (Wildman–Crippen LogP) is 9.02. The number of fused-ring (bicyclic) bond motifs is 4. The lowest BCUT2D eigenvalue weighted by Gasteiger charge is -2.57. The van der Waals surface area contributed by atoms with Crippen LogP contribution in [0, 0.1) is 87.8 Å². The molecule has 0 aromatic rings. The maximum atomic E-state index is 15.6. The highest BCUT2D eigenvalue weighted by Gasteiger charge is 2.69. The number of rotatable bonds is 11. The van der Waals surface area contributed by atoms with Gasteiger partial charge in [0.15, 0.2) is 0 Å². The summed E-state index contributed by atoms with van der Waals surface area (Å²) in [6, 6.07) is 0. The zero-order valence-electron chi connectivity index (χ0n) is 45.6. The number of amides is 2. The number of dihydropyridines is 1. The molecule has 1 spiro atoms. The lowest BCUT2D eigenvalue weighted by Crippen LogP contribution is -2.54. The van der Waals surface area contributed by atoms with Gasteiger partial charge in [0.1, 0.15) is 11.5 Å². The van der Waals surface area contributed by atoms with Crippen molar-refractivity contribution >= 4 is 45.3 Å². The number of hydrogen-bond acceptors (Lipinski definition) is 14. The zero-order chi connectivity index (χ0) is 53.7. The van der Waals surface area contributed by atoms with Gasteiger partial charge in [-0.05, 0) is 172 Å². The first kappa shape index (κ1) is 54.5. The Morgan fingerprint density at radius 2 is 1.71 bits per heavy atom. The number of ether oxygens (including phenoxy) is 2. The van der Waals surface area contributed by atoms with Gasteiger partial charge in [-0.2, -0.15) is 0 Å². The molecule has 0 radical (unpaired) electrons. The first-order chi connectivity index (χ1) is 38.0. The summed E-state index contributed by atoms with van der Waals surface area (Å²) in [5.74, 6) is 8.33. The summed E-state index contributed by atoms with van der Waals surface area (Å²) in [4.78, 5) is 59.0. The van der Waals surface area contributed by atoms with E-state index in [1.807, 2.05) is 0 Å². The molecule has 9 bridgehead atoms. The van der Waals surface area contributed by atoms with Crippen LogP contribution in [0.15, 0.2) is 81.7 Å². The van der Waals surface area contributed by atoms with Gasteiger partial charge in [-0.15, -0.1) is 5.92 Å². The zero-order valence-corrected chi connectivity index (χ0v) is 47.2. The number of hydrogen-bond donors (Lipinski definition) is 6. The Balaban J connectivity index is 1.01. The molecule has 5 heterocycles. The fourth-order valence-electron chi connectivity index (χ4n) is 17.6. The number of cyclic esters (lactones) is 1. The fraction of sp³-hybridized carbons (Fsp3) is 0.683. The quantitative estimate of drug-likeness (QED) is 0.0498. The van der Waals surface area contributed by atoms with E-state index >= 15 is 4.79 Å². The average Bonchev–Trinajstić information content (AvgIpc) is 4.34. The first-order valence-corrected chi connectivity index (χ1v) is 32.6. The molecule has 6 N–H and O–H groups in total. The molecule has 13 rings (SSSR count). The Morgan fingerprint density at radius 3 is 2.49 bits per heavy atom. The molecule has 0 aromatic heterocycles. The summed E-state index contributed by atoms with van der Waals surface area (Å²) in [7, 11) is 3.55. The Morgan fingerprint density at radius 1 is 0.885 bits per heavy atom. The molecule has 78 heavy (non-hydrogen) atoms. The summed E-state index contributed by atoms with van der Waals surface area (Å²) >= 11 is 0. The van der Waals surface area contributed by atoms with Crippen molar-refractivity contribution in [2.75, 3.05) is 38.7 Å². The number of aliphatic hydroxyl groups excluding tert-OH is 3. The van der Waals surface area contributed by atoms with E-state index in [1.165, 1.54) is 23.5 Å². The summed E-state index contributed by atoms with van der Waals surface area (Å²) in [6.07, 6.45) is 30.7. The topological polar surface area (TPSA) is 187 Å². The molecular weight excluding hydrogens is 1020 g/mol. The number of imide groups is 1. The van der Waals surface area contributed by atoms with Crippen molar-refractivity contribution in [2.45, 2.75) is 153 Å².